The van der Waals surface area contributed by atoms with Crippen LogP contribution in [0, 0.1) is 29.6 Å². The summed E-state index contributed by atoms with van der Waals surface area (Å²) in [7, 11) is 7.28. The lowest BCUT2D eigenvalue weighted by Gasteiger charge is -2.33. The summed E-state index contributed by atoms with van der Waals surface area (Å²) in [5, 5.41) is 12.7. The van der Waals surface area contributed by atoms with Gasteiger partial charge in [0, 0.05) is 86.6 Å². The van der Waals surface area contributed by atoms with Crippen LogP contribution in [0.2, 0.25) is 0 Å². The number of hydrogen-bond acceptors (Lipinski definition) is 19. The van der Waals surface area contributed by atoms with E-state index < -0.39 is 42.0 Å². The number of ether oxygens (including phenoxy) is 8. The number of nitrogens with one attached hydrogen (secondary N) is 5. The Kier molecular flexibility index (Phi) is 25.0. The number of rotatable bonds is 21. The molecule has 0 spiro atoms. The number of imidazole rings is 2. The van der Waals surface area contributed by atoms with Gasteiger partial charge in [-0.15, -0.1) is 0 Å². The number of methoxy groups -OCH3 is 5. The summed E-state index contributed by atoms with van der Waals surface area (Å²) >= 11 is 0. The highest BCUT2D eigenvalue weighted by molar-refractivity contribution is 6.08. The highest BCUT2D eigenvalue weighted by atomic mass is 16.6. The molecule has 646 valence electrons. The Morgan fingerprint density at radius 2 is 0.943 bits per heavy atom. The Labute approximate surface area is 712 Å². The fraction of sp³-hybridized carbons (Fsp3) is 0.500. The van der Waals surface area contributed by atoms with Crippen molar-refractivity contribution < 1.29 is 71.5 Å². The normalized spacial score (nSPS) is 21.7. The van der Waals surface area contributed by atoms with Crippen LogP contribution in [0.4, 0.5) is 30.6 Å². The number of aliphatic imine (C=N–C) groups is 2. The zero-order valence-electron chi connectivity index (χ0n) is 72.8. The average molecular weight is 1670 g/mol. The maximum absolute atomic E-state index is 14.1. The molecule has 8 aromatic rings. The number of carbonyl (C=O) groups excluding carboxylic acids is 7. The Balaban J connectivity index is 0.000000190. The van der Waals surface area contributed by atoms with Crippen LogP contribution in [-0.4, -0.2) is 203 Å². The molecule has 4 fully saturated rings. The third-order valence-corrected chi connectivity index (χ3v) is 26.0. The number of amides is 7. The first kappa shape index (κ1) is 85.6. The van der Waals surface area contributed by atoms with E-state index in [2.05, 4.69) is 111 Å². The predicted molar refractivity (Wildman–Crippen MR) is 465 cm³/mol. The first-order valence-corrected chi connectivity index (χ1v) is 43.0. The van der Waals surface area contributed by atoms with E-state index in [1.807, 2.05) is 108 Å². The first-order valence-electron chi connectivity index (χ1n) is 43.0. The fourth-order valence-electron chi connectivity index (χ4n) is 19.2. The molecule has 0 bridgehead atoms. The minimum absolute atomic E-state index is 0.00426. The van der Waals surface area contributed by atoms with E-state index in [-0.39, 0.29) is 89.7 Å². The lowest BCUT2D eigenvalue weighted by Crippen LogP contribution is -2.53. The minimum atomic E-state index is -0.734. The average Bonchev–Trinajstić information content (AvgIpc) is 1.35. The summed E-state index contributed by atoms with van der Waals surface area (Å²) in [5.41, 5.74) is 15.4. The van der Waals surface area contributed by atoms with Gasteiger partial charge in [-0.05, 0) is 205 Å². The summed E-state index contributed by atoms with van der Waals surface area (Å²) in [6, 6.07) is 26.8. The number of nitrogens with zero attached hydrogens (tertiary/aromatic N) is 8. The molecule has 28 nitrogen and oxygen atoms in total. The predicted octanol–water partition coefficient (Wildman–Crippen LogP) is 16.0. The molecule has 13 atom stereocenters. The van der Waals surface area contributed by atoms with Crippen LogP contribution in [0.15, 0.2) is 107 Å². The van der Waals surface area contributed by atoms with E-state index in [4.69, 9.17) is 57.8 Å². The monoisotopic (exact) mass is 1670 g/mol. The highest BCUT2D eigenvalue weighted by Gasteiger charge is 2.47. The van der Waals surface area contributed by atoms with Crippen molar-refractivity contribution in [3.8, 4) is 56.3 Å². The minimum Gasteiger partial charge on any atom is -0.488 e. The molecule has 0 radical (unpaired) electrons. The Bertz CT molecular complexity index is 5410. The van der Waals surface area contributed by atoms with Crippen LogP contribution < -0.4 is 25.4 Å². The molecule has 122 heavy (non-hydrogen) atoms. The Hall–Kier alpha value is -11.4. The fourth-order valence-corrected chi connectivity index (χ4v) is 19.2. The molecule has 28 heteroatoms. The van der Waals surface area contributed by atoms with Crippen molar-refractivity contribution >= 4 is 86.4 Å². The summed E-state index contributed by atoms with van der Waals surface area (Å²) in [5.74, 6) is 2.72. The third-order valence-electron chi connectivity index (χ3n) is 26.0. The van der Waals surface area contributed by atoms with E-state index in [1.54, 1.807) is 14.2 Å². The van der Waals surface area contributed by atoms with Crippen molar-refractivity contribution in [2.75, 3.05) is 61.9 Å². The van der Waals surface area contributed by atoms with Crippen molar-refractivity contribution in [1.29, 1.82) is 0 Å². The molecule has 8 aliphatic heterocycles. The first-order chi connectivity index (χ1) is 58.6. The largest absolute Gasteiger partial charge is 0.488 e. The van der Waals surface area contributed by atoms with Crippen molar-refractivity contribution in [2.24, 2.45) is 39.6 Å². The number of carbonyl (C=O) groups is 7. The molecular weight excluding hydrogens is 1550 g/mol. The molecule has 2 aromatic heterocycles. The van der Waals surface area contributed by atoms with Crippen molar-refractivity contribution in [1.82, 2.24) is 55.5 Å². The van der Waals surface area contributed by atoms with Crippen LogP contribution in [0.5, 0.6) is 11.5 Å². The number of likely N-dealkylation sites (tertiary alicyclic amines) is 4. The Morgan fingerprint density at radius 3 is 1.35 bits per heavy atom. The van der Waals surface area contributed by atoms with Crippen LogP contribution in [0.3, 0.4) is 0 Å². The topological polar surface area (TPSA) is 324 Å². The zero-order chi connectivity index (χ0) is 86.4. The summed E-state index contributed by atoms with van der Waals surface area (Å²) in [4.78, 5) is 127. The van der Waals surface area contributed by atoms with Crippen LogP contribution in [-0.2, 0) is 68.9 Å². The van der Waals surface area contributed by atoms with Gasteiger partial charge in [0.15, 0.2) is 0 Å². The van der Waals surface area contributed by atoms with Gasteiger partial charge in [-0.3, -0.25) is 29.3 Å². The number of aromatic nitrogens is 4. The molecular formula is C94H115N13O15. The quantitative estimate of drug-likeness (QED) is 0.0417. The van der Waals surface area contributed by atoms with Crippen molar-refractivity contribution in [2.45, 2.75) is 214 Å². The number of fused-ring (bicyclic) bond motifs is 12. The number of alkyl carbamates (subject to hydrolysis) is 3. The molecule has 10 heterocycles. The van der Waals surface area contributed by atoms with Gasteiger partial charge in [0.25, 0.3) is 0 Å². The van der Waals surface area contributed by atoms with E-state index in [1.165, 1.54) is 21.3 Å². The lowest BCUT2D eigenvalue weighted by molar-refractivity contribution is -0.138. The maximum atomic E-state index is 14.1. The molecule has 6 aromatic carbocycles. The molecule has 16 rings (SSSR count). The van der Waals surface area contributed by atoms with Gasteiger partial charge in [-0.25, -0.2) is 29.1 Å². The van der Waals surface area contributed by atoms with Crippen LogP contribution >= 0.6 is 0 Å². The lowest BCUT2D eigenvalue weighted by atomic mass is 9.90. The van der Waals surface area contributed by atoms with Gasteiger partial charge in [-0.1, -0.05) is 90.8 Å². The van der Waals surface area contributed by atoms with Gasteiger partial charge in [0.1, 0.15) is 60.1 Å². The van der Waals surface area contributed by atoms with E-state index >= 15 is 0 Å². The van der Waals surface area contributed by atoms with Crippen LogP contribution in [0.1, 0.15) is 174 Å². The van der Waals surface area contributed by atoms with Gasteiger partial charge in [0.05, 0.1) is 93.9 Å². The second-order valence-corrected chi connectivity index (χ2v) is 35.5. The smallest absolute Gasteiger partial charge is 0.410 e. The number of hydrogen-bond donors (Lipinski definition) is 5. The molecule has 8 aliphatic rings. The van der Waals surface area contributed by atoms with Gasteiger partial charge in [0.2, 0.25) is 17.7 Å². The molecule has 0 aliphatic carbocycles. The molecule has 7 amide bonds. The van der Waals surface area contributed by atoms with Gasteiger partial charge >= 0.3 is 24.4 Å². The molecule has 0 saturated carbocycles. The highest BCUT2D eigenvalue weighted by Crippen LogP contribution is 2.49. The molecule has 4 saturated heterocycles. The van der Waals surface area contributed by atoms with E-state index in [0.29, 0.717) is 58.2 Å². The summed E-state index contributed by atoms with van der Waals surface area (Å²) < 4.78 is 44.3. The van der Waals surface area contributed by atoms with Crippen molar-refractivity contribution in [3.05, 3.63) is 131 Å². The molecule has 0 unspecified atom stereocenters. The molecule has 5 N–H and O–H groups in total. The summed E-state index contributed by atoms with van der Waals surface area (Å²) in [6.07, 6.45) is 8.85. The maximum Gasteiger partial charge on any atom is 0.410 e. The standard InChI is InChI=1S/C48H59N7O8.C46H56N6O7/c1-9-26(4)43(53-48(59)62-8)46(57)55-27(5)10-15-39(55)44-49-21-38(51-44)30-11-13-32-31(17-30)24-63-41-20-33-29(18-35(32)41)12-14-36-34(33)19-37(50-36)40-16-28(23-60-6)22-54(40)45(56)42(25(2)3)52-47(58)61-7;1-9-25(2)41(50-44(54)57-8)43(53)52-26(3)10-15-38(52)42-47-21-37(49-42)29-11-13-31-30(17-29)24-58-40-20-32-28(18-34(31)40)12-14-35-33(32)19-36(48-35)39-16-27(23-56-7)22-51(39)45(55)59-46(4,5)6/h11-14,17-18,20-21,25-28,39-40,42-43H,9-10,15-16,19,22-24H2,1-8H3,(H,49,51)(H,52,58)(H,53,59);11-14,17-18,20-21,25-27,38-39,41H,9-10,15-16,19,22-24H2,1-8H3,(H,47,49)(H,50,54)/t26-,27-,28-,39-,40-,42-,43-;25-,26-,27-,38-,39-,41-/m00/s1. The number of benzene rings is 6. The number of aromatic amines is 2. The second kappa shape index (κ2) is 35.6. The zero-order valence-corrected chi connectivity index (χ0v) is 72.8. The second-order valence-electron chi connectivity index (χ2n) is 35.5. The summed E-state index contributed by atoms with van der Waals surface area (Å²) in [6.45, 7) is 24.5. The van der Waals surface area contributed by atoms with E-state index in [9.17, 15) is 33.6 Å². The van der Waals surface area contributed by atoms with E-state index in [0.717, 1.165) is 180 Å². The number of H-pyrrole nitrogens is 2. The van der Waals surface area contributed by atoms with Crippen LogP contribution in [0.25, 0.3) is 66.3 Å². The third kappa shape index (κ3) is 17.0. The Morgan fingerprint density at radius 1 is 0.516 bits per heavy atom. The van der Waals surface area contributed by atoms with Crippen molar-refractivity contribution in [3.63, 3.8) is 0 Å². The van der Waals surface area contributed by atoms with Gasteiger partial charge < -0.3 is 78.5 Å². The SMILES string of the molecule is CC[C@H](C)[C@H](NC(=O)OC)C(=O)N1[C@@H](C)CC[C@H]1c1ncc(-c2ccc3c(c2)COc2cc4c5c(ccc4cc2-3)N=C([C@@H]2C[C@H](COC)CN2C(=O)OC(C)(C)C)C5)[nH]1.CC[C@H](C)[C@H](NC(=O)OC)C(=O)N1[C@@H](C)CC[C@H]1c1ncc(-c2ccc3c(c2)COc2cc4c5c(ccc4cc2-3)N=C([C@@H]2C[C@H](COC)CN2C(=O)[C@@H](NC(=O)OC)C(C)C)C5)[nH]1. The van der Waals surface area contributed by atoms with Gasteiger partial charge in [-0.2, -0.15) is 0 Å².